The van der Waals surface area contributed by atoms with Crippen LogP contribution in [0.4, 0.5) is 0 Å². The van der Waals surface area contributed by atoms with E-state index >= 15 is 0 Å². The highest BCUT2D eigenvalue weighted by atomic mass is 16.6. The molecule has 88 valence electrons. The summed E-state index contributed by atoms with van der Waals surface area (Å²) in [7, 11) is 0. The molecular formula is C11H22N2O2. The maximum atomic E-state index is 11.0. The van der Waals surface area contributed by atoms with Crippen LogP contribution in [0.25, 0.3) is 0 Å². The molecular weight excluding hydrogens is 192 g/mol. The Labute approximate surface area is 91.6 Å². The number of hydrogen-bond acceptors (Lipinski definition) is 3. The van der Waals surface area contributed by atoms with Gasteiger partial charge < -0.3 is 5.32 Å². The smallest absolute Gasteiger partial charge is 0.219 e. The van der Waals surface area contributed by atoms with E-state index in [0.717, 1.165) is 58.0 Å². The van der Waals surface area contributed by atoms with E-state index < -0.39 is 5.54 Å². The van der Waals surface area contributed by atoms with Gasteiger partial charge in [-0.2, -0.15) is 0 Å². The molecule has 1 aliphatic rings. The molecule has 1 saturated heterocycles. The van der Waals surface area contributed by atoms with Gasteiger partial charge in [-0.15, -0.1) is 0 Å². The van der Waals surface area contributed by atoms with Crippen LogP contribution in [0.15, 0.2) is 0 Å². The lowest BCUT2D eigenvalue weighted by Crippen LogP contribution is -2.34. The minimum Gasteiger partial charge on any atom is -0.317 e. The van der Waals surface area contributed by atoms with E-state index in [9.17, 15) is 10.1 Å². The third-order valence-corrected chi connectivity index (χ3v) is 3.33. The van der Waals surface area contributed by atoms with Crippen molar-refractivity contribution in [2.75, 3.05) is 13.1 Å². The van der Waals surface area contributed by atoms with Crippen LogP contribution in [0, 0.1) is 10.1 Å². The van der Waals surface area contributed by atoms with Crippen LogP contribution < -0.4 is 5.32 Å². The van der Waals surface area contributed by atoms with Gasteiger partial charge in [0.2, 0.25) is 5.54 Å². The largest absolute Gasteiger partial charge is 0.317 e. The Hall–Kier alpha value is -0.640. The predicted molar refractivity (Wildman–Crippen MR) is 60.6 cm³/mol. The second-order valence-corrected chi connectivity index (χ2v) is 4.77. The second-order valence-electron chi connectivity index (χ2n) is 4.77. The summed E-state index contributed by atoms with van der Waals surface area (Å²) in [6.45, 7) is 3.88. The zero-order valence-electron chi connectivity index (χ0n) is 9.63. The second kappa shape index (κ2) is 6.05. The molecule has 1 atom stereocenters. The third kappa shape index (κ3) is 4.16. The third-order valence-electron chi connectivity index (χ3n) is 3.33. The van der Waals surface area contributed by atoms with Gasteiger partial charge in [-0.25, -0.2) is 0 Å². The van der Waals surface area contributed by atoms with Crippen molar-refractivity contribution >= 4 is 0 Å². The molecule has 1 unspecified atom stereocenters. The summed E-state index contributed by atoms with van der Waals surface area (Å²) in [6, 6.07) is 0. The molecule has 1 fully saturated rings. The first-order chi connectivity index (χ1) is 7.15. The van der Waals surface area contributed by atoms with Crippen LogP contribution in [-0.4, -0.2) is 23.6 Å². The topological polar surface area (TPSA) is 55.2 Å². The Morgan fingerprint density at radius 3 is 2.20 bits per heavy atom. The SMILES string of the molecule is CC1([N+](=O)[O-])CCCCCNCCCC1. The highest BCUT2D eigenvalue weighted by Gasteiger charge is 2.35. The number of rotatable bonds is 1. The summed E-state index contributed by atoms with van der Waals surface area (Å²) < 4.78 is 0. The molecule has 15 heavy (non-hydrogen) atoms. The minimum atomic E-state index is -0.676. The molecule has 0 spiro atoms. The molecule has 1 heterocycles. The molecule has 4 nitrogen and oxygen atoms in total. The molecule has 0 bridgehead atoms. The quantitative estimate of drug-likeness (QED) is 0.538. The van der Waals surface area contributed by atoms with E-state index in [-0.39, 0.29) is 4.92 Å². The van der Waals surface area contributed by atoms with Gasteiger partial charge >= 0.3 is 0 Å². The van der Waals surface area contributed by atoms with E-state index in [1.165, 1.54) is 0 Å². The molecule has 1 N–H and O–H groups in total. The van der Waals surface area contributed by atoms with E-state index in [1.807, 2.05) is 0 Å². The molecule has 0 aliphatic carbocycles. The maximum Gasteiger partial charge on any atom is 0.219 e. The van der Waals surface area contributed by atoms with Crippen LogP contribution in [0.3, 0.4) is 0 Å². The first-order valence-electron chi connectivity index (χ1n) is 6.00. The van der Waals surface area contributed by atoms with E-state index in [1.54, 1.807) is 6.92 Å². The molecule has 1 rings (SSSR count). The fourth-order valence-electron chi connectivity index (χ4n) is 2.12. The monoisotopic (exact) mass is 214 g/mol. The Kier molecular flexibility index (Phi) is 5.02. The average Bonchev–Trinajstić information content (AvgIpc) is 2.24. The molecule has 4 heteroatoms. The van der Waals surface area contributed by atoms with Crippen molar-refractivity contribution < 1.29 is 4.92 Å². The zero-order valence-corrected chi connectivity index (χ0v) is 9.63. The zero-order chi connectivity index (χ0) is 11.1. The van der Waals surface area contributed by atoms with E-state index in [0.29, 0.717) is 0 Å². The van der Waals surface area contributed by atoms with Gasteiger partial charge in [0.25, 0.3) is 0 Å². The number of nitrogens with zero attached hydrogens (tertiary/aromatic N) is 1. The summed E-state index contributed by atoms with van der Waals surface area (Å²) >= 11 is 0. The molecule has 0 aromatic rings. The molecule has 1 aliphatic heterocycles. The molecule has 0 radical (unpaired) electrons. The Morgan fingerprint density at radius 1 is 1.07 bits per heavy atom. The Bertz CT molecular complexity index is 195. The summed E-state index contributed by atoms with van der Waals surface area (Å²) in [5.41, 5.74) is -0.676. The molecule has 0 amide bonds. The lowest BCUT2D eigenvalue weighted by atomic mass is 9.89. The first kappa shape index (κ1) is 12.4. The fraction of sp³-hybridized carbons (Fsp3) is 1.00. The standard InChI is InChI=1S/C11H22N2O2/c1-11(13(14)15)7-3-2-5-9-12-10-6-4-8-11/h12H,2-10H2,1H3. The van der Waals surface area contributed by atoms with E-state index in [2.05, 4.69) is 5.32 Å². The van der Waals surface area contributed by atoms with Crippen LogP contribution in [0.2, 0.25) is 0 Å². The lowest BCUT2D eigenvalue weighted by molar-refractivity contribution is -0.568. The van der Waals surface area contributed by atoms with Crippen molar-refractivity contribution in [3.05, 3.63) is 10.1 Å². The maximum absolute atomic E-state index is 11.0. The van der Waals surface area contributed by atoms with Gasteiger partial charge in [-0.05, 0) is 38.8 Å². The van der Waals surface area contributed by atoms with Gasteiger partial charge in [0.05, 0.1) is 0 Å². The van der Waals surface area contributed by atoms with Gasteiger partial charge in [-0.1, -0.05) is 6.42 Å². The van der Waals surface area contributed by atoms with Gasteiger partial charge in [-0.3, -0.25) is 10.1 Å². The summed E-state index contributed by atoms with van der Waals surface area (Å²) in [6.07, 6.45) is 6.72. The highest BCUT2D eigenvalue weighted by Crippen LogP contribution is 2.25. The first-order valence-corrected chi connectivity index (χ1v) is 6.00. The predicted octanol–water partition coefficient (Wildman–Crippen LogP) is 2.36. The Balaban J connectivity index is 2.49. The average molecular weight is 214 g/mol. The van der Waals surface area contributed by atoms with Crippen LogP contribution in [0.5, 0.6) is 0 Å². The van der Waals surface area contributed by atoms with Crippen molar-refractivity contribution in [3.8, 4) is 0 Å². The van der Waals surface area contributed by atoms with Crippen molar-refractivity contribution in [3.63, 3.8) is 0 Å². The van der Waals surface area contributed by atoms with Crippen molar-refractivity contribution in [1.82, 2.24) is 5.32 Å². The minimum absolute atomic E-state index is 0.0711. The fourth-order valence-corrected chi connectivity index (χ4v) is 2.12. The van der Waals surface area contributed by atoms with Crippen LogP contribution in [0.1, 0.15) is 51.9 Å². The van der Waals surface area contributed by atoms with Crippen LogP contribution >= 0.6 is 0 Å². The molecule has 0 aromatic heterocycles. The Morgan fingerprint density at radius 2 is 1.60 bits per heavy atom. The summed E-state index contributed by atoms with van der Waals surface area (Å²) in [5, 5.41) is 14.4. The normalized spacial score (nSPS) is 30.5. The molecule has 0 saturated carbocycles. The van der Waals surface area contributed by atoms with Crippen molar-refractivity contribution in [2.45, 2.75) is 57.4 Å². The van der Waals surface area contributed by atoms with Gasteiger partial charge in [0.15, 0.2) is 0 Å². The van der Waals surface area contributed by atoms with Crippen molar-refractivity contribution in [1.29, 1.82) is 0 Å². The van der Waals surface area contributed by atoms with Gasteiger partial charge in [0, 0.05) is 24.7 Å². The molecule has 0 aromatic carbocycles. The lowest BCUT2D eigenvalue weighted by Gasteiger charge is -2.20. The van der Waals surface area contributed by atoms with Crippen molar-refractivity contribution in [2.24, 2.45) is 0 Å². The number of hydrogen-bond donors (Lipinski definition) is 1. The number of nitrogens with one attached hydrogen (secondary N) is 1. The summed E-state index contributed by atoms with van der Waals surface area (Å²) in [4.78, 5) is 10.9. The van der Waals surface area contributed by atoms with Crippen LogP contribution in [-0.2, 0) is 0 Å². The highest BCUT2D eigenvalue weighted by molar-refractivity contribution is 4.74. The van der Waals surface area contributed by atoms with Gasteiger partial charge in [0.1, 0.15) is 0 Å². The summed E-state index contributed by atoms with van der Waals surface area (Å²) in [5.74, 6) is 0. The number of nitro groups is 1. The van der Waals surface area contributed by atoms with E-state index in [4.69, 9.17) is 0 Å².